The topological polar surface area (TPSA) is 64.9 Å². The molecule has 2 N–H and O–H groups in total. The number of carbonyl (C=O) groups is 1. The van der Waals surface area contributed by atoms with E-state index >= 15 is 0 Å². The molecule has 0 aromatic heterocycles. The van der Waals surface area contributed by atoms with Gasteiger partial charge in [0.1, 0.15) is 11.6 Å². The number of rotatable bonds is 7. The predicted molar refractivity (Wildman–Crippen MR) is 98.0 cm³/mol. The summed E-state index contributed by atoms with van der Waals surface area (Å²) >= 11 is 0. The number of hydrogen-bond donors (Lipinski definition) is 2. The van der Waals surface area contributed by atoms with Crippen LogP contribution in [0.5, 0.6) is 0 Å². The third-order valence-electron chi connectivity index (χ3n) is 4.75. The van der Waals surface area contributed by atoms with Gasteiger partial charge in [-0.3, -0.25) is 10.1 Å². The molecule has 3 rings (SSSR count). The van der Waals surface area contributed by atoms with Crippen LogP contribution < -0.4 is 10.6 Å². The highest BCUT2D eigenvalue weighted by Crippen LogP contribution is 2.35. The first-order valence-corrected chi connectivity index (χ1v) is 8.98. The number of halogens is 3. The van der Waals surface area contributed by atoms with Crippen molar-refractivity contribution in [1.82, 2.24) is 10.6 Å². The van der Waals surface area contributed by atoms with Gasteiger partial charge in [-0.25, -0.2) is 0 Å². The van der Waals surface area contributed by atoms with Crippen molar-refractivity contribution in [2.45, 2.75) is 43.1 Å². The van der Waals surface area contributed by atoms with E-state index in [0.29, 0.717) is 12.8 Å². The second-order valence-electron chi connectivity index (χ2n) is 6.98. The minimum absolute atomic E-state index is 0.0299. The second kappa shape index (κ2) is 8.03. The van der Waals surface area contributed by atoms with E-state index in [1.807, 2.05) is 6.07 Å². The molecule has 1 aliphatic carbocycles. The molecule has 2 aromatic rings. The Kier molecular flexibility index (Phi) is 5.71. The smallest absolute Gasteiger partial charge is 0.336 e. The van der Waals surface area contributed by atoms with Gasteiger partial charge in [-0.05, 0) is 30.4 Å². The van der Waals surface area contributed by atoms with Gasteiger partial charge in [0, 0.05) is 0 Å². The highest BCUT2D eigenvalue weighted by atomic mass is 19.4. The van der Waals surface area contributed by atoms with Gasteiger partial charge < -0.3 is 5.32 Å². The van der Waals surface area contributed by atoms with Gasteiger partial charge in [-0.1, -0.05) is 60.7 Å². The average Bonchev–Trinajstić information content (AvgIpc) is 3.45. The van der Waals surface area contributed by atoms with Crippen molar-refractivity contribution >= 4 is 5.91 Å². The van der Waals surface area contributed by atoms with Crippen LogP contribution in [0.2, 0.25) is 0 Å². The van der Waals surface area contributed by atoms with Crippen molar-refractivity contribution in [3.63, 3.8) is 0 Å². The quantitative estimate of drug-likeness (QED) is 0.762. The highest BCUT2D eigenvalue weighted by Gasteiger charge is 2.47. The Bertz CT molecular complexity index is 843. The van der Waals surface area contributed by atoms with Crippen molar-refractivity contribution in [3.05, 3.63) is 71.8 Å². The molecule has 2 aromatic carbocycles. The Labute approximate surface area is 161 Å². The van der Waals surface area contributed by atoms with E-state index in [1.165, 1.54) is 24.3 Å². The van der Waals surface area contributed by atoms with Crippen LogP contribution >= 0.6 is 0 Å². The minimum atomic E-state index is -4.58. The van der Waals surface area contributed by atoms with E-state index in [-0.39, 0.29) is 12.0 Å². The number of nitrogens with zero attached hydrogens (tertiary/aromatic N) is 1. The van der Waals surface area contributed by atoms with Crippen LogP contribution in [0.15, 0.2) is 60.7 Å². The third-order valence-corrected chi connectivity index (χ3v) is 4.75. The molecule has 0 radical (unpaired) electrons. The molecule has 1 fully saturated rings. The van der Waals surface area contributed by atoms with Gasteiger partial charge in [0.15, 0.2) is 0 Å². The zero-order chi connectivity index (χ0) is 20.2. The Hall–Kier alpha value is -2.85. The fourth-order valence-corrected chi connectivity index (χ4v) is 3.02. The Morgan fingerprint density at radius 3 is 2.14 bits per heavy atom. The molecule has 1 aliphatic rings. The lowest BCUT2D eigenvalue weighted by molar-refractivity contribution is -0.160. The number of nitriles is 1. The monoisotopic (exact) mass is 387 g/mol. The van der Waals surface area contributed by atoms with Crippen molar-refractivity contribution in [2.75, 3.05) is 0 Å². The fourth-order valence-electron chi connectivity index (χ4n) is 3.02. The second-order valence-corrected chi connectivity index (χ2v) is 6.98. The van der Waals surface area contributed by atoms with E-state index in [2.05, 4.69) is 10.6 Å². The van der Waals surface area contributed by atoms with Gasteiger partial charge in [0.05, 0.1) is 12.1 Å². The number of alkyl halides is 3. The predicted octanol–water partition coefficient (Wildman–Crippen LogP) is 3.66. The Morgan fingerprint density at radius 1 is 1.07 bits per heavy atom. The SMILES string of the molecule is N#CC1(NC(=O)[C@@H](Cc2ccccc2)N[C@H](c2ccccc2)C(F)(F)F)CC1. The van der Waals surface area contributed by atoms with Crippen molar-refractivity contribution < 1.29 is 18.0 Å². The summed E-state index contributed by atoms with van der Waals surface area (Å²) in [5.74, 6) is -0.604. The van der Waals surface area contributed by atoms with Crippen LogP contribution in [-0.2, 0) is 11.2 Å². The van der Waals surface area contributed by atoms with E-state index in [1.54, 1.807) is 36.4 Å². The molecule has 0 spiro atoms. The molecule has 0 unspecified atom stereocenters. The highest BCUT2D eigenvalue weighted by molar-refractivity contribution is 5.83. The summed E-state index contributed by atoms with van der Waals surface area (Å²) < 4.78 is 41.2. The summed E-state index contributed by atoms with van der Waals surface area (Å²) in [4.78, 5) is 12.8. The molecule has 146 valence electrons. The van der Waals surface area contributed by atoms with E-state index in [4.69, 9.17) is 0 Å². The van der Waals surface area contributed by atoms with Crippen molar-refractivity contribution in [3.8, 4) is 6.07 Å². The lowest BCUT2D eigenvalue weighted by atomic mass is 10.0. The average molecular weight is 387 g/mol. The summed E-state index contributed by atoms with van der Waals surface area (Å²) in [6.07, 6.45) is -3.49. The van der Waals surface area contributed by atoms with Gasteiger partial charge in [-0.2, -0.15) is 18.4 Å². The lowest BCUT2D eigenvalue weighted by Gasteiger charge is -2.28. The van der Waals surface area contributed by atoms with Gasteiger partial charge >= 0.3 is 6.18 Å². The van der Waals surface area contributed by atoms with Crippen molar-refractivity contribution in [1.29, 1.82) is 5.26 Å². The van der Waals surface area contributed by atoms with Crippen LogP contribution in [-0.4, -0.2) is 23.7 Å². The first-order chi connectivity index (χ1) is 13.3. The molecule has 4 nitrogen and oxygen atoms in total. The van der Waals surface area contributed by atoms with Crippen LogP contribution in [0, 0.1) is 11.3 Å². The van der Waals surface area contributed by atoms with Crippen LogP contribution in [0.3, 0.4) is 0 Å². The van der Waals surface area contributed by atoms with E-state index in [9.17, 15) is 23.2 Å². The summed E-state index contributed by atoms with van der Waals surface area (Å²) in [5, 5.41) is 14.3. The minimum Gasteiger partial charge on any atom is -0.336 e. The zero-order valence-corrected chi connectivity index (χ0v) is 15.0. The number of amides is 1. The van der Waals surface area contributed by atoms with Crippen molar-refractivity contribution in [2.24, 2.45) is 0 Å². The lowest BCUT2D eigenvalue weighted by Crippen LogP contribution is -2.52. The summed E-state index contributed by atoms with van der Waals surface area (Å²) in [6, 6.07) is 15.2. The molecular weight excluding hydrogens is 367 g/mol. The molecule has 1 amide bonds. The maximum Gasteiger partial charge on any atom is 0.407 e. The normalized spacial score (nSPS) is 17.2. The molecule has 0 saturated heterocycles. The van der Waals surface area contributed by atoms with Crippen LogP contribution in [0.1, 0.15) is 30.0 Å². The fraction of sp³-hybridized carbons (Fsp3) is 0.333. The third kappa shape index (κ3) is 4.90. The summed E-state index contributed by atoms with van der Waals surface area (Å²) in [7, 11) is 0. The molecule has 1 saturated carbocycles. The molecule has 28 heavy (non-hydrogen) atoms. The molecule has 0 bridgehead atoms. The maximum atomic E-state index is 13.7. The van der Waals surface area contributed by atoms with Gasteiger partial charge in [-0.15, -0.1) is 0 Å². The largest absolute Gasteiger partial charge is 0.407 e. The van der Waals surface area contributed by atoms with E-state index in [0.717, 1.165) is 5.56 Å². The van der Waals surface area contributed by atoms with Crippen LogP contribution in [0.25, 0.3) is 0 Å². The molecule has 2 atom stereocenters. The number of nitrogens with one attached hydrogen (secondary N) is 2. The number of carbonyl (C=O) groups excluding carboxylic acids is 1. The van der Waals surface area contributed by atoms with Gasteiger partial charge in [0.25, 0.3) is 0 Å². The molecule has 0 aliphatic heterocycles. The van der Waals surface area contributed by atoms with E-state index < -0.39 is 29.7 Å². The molecule has 0 heterocycles. The first kappa shape index (κ1) is 19.9. The number of hydrogen-bond acceptors (Lipinski definition) is 3. The Balaban J connectivity index is 1.86. The number of benzene rings is 2. The summed E-state index contributed by atoms with van der Waals surface area (Å²) in [5.41, 5.74) is -0.193. The van der Waals surface area contributed by atoms with Crippen LogP contribution in [0.4, 0.5) is 13.2 Å². The first-order valence-electron chi connectivity index (χ1n) is 8.98. The molecular formula is C21H20F3N3O. The maximum absolute atomic E-state index is 13.7. The summed E-state index contributed by atoms with van der Waals surface area (Å²) in [6.45, 7) is 0. The molecule has 7 heteroatoms. The van der Waals surface area contributed by atoms with Gasteiger partial charge in [0.2, 0.25) is 5.91 Å². The Morgan fingerprint density at radius 2 is 1.64 bits per heavy atom. The standard InChI is InChI=1S/C21H20F3N3O/c22-21(23,24)18(16-9-5-2-6-10-16)26-17(13-15-7-3-1-4-8-15)19(28)27-20(14-25)11-12-20/h1-10,17-18,26H,11-13H2,(H,27,28)/t17-,18-/m1/s1. The zero-order valence-electron chi connectivity index (χ0n) is 15.0.